The Bertz CT molecular complexity index is 646. The molecule has 0 fully saturated rings. The highest BCUT2D eigenvalue weighted by Crippen LogP contribution is 2.29. The standard InChI is InChI=1S/C13H11ClN2O4S/c14-9-3-4-12(11(6-9)16(18)19)20-8-13(17)15-7-10-2-1-5-21-10/h1-6H,7-8H2,(H,15,17). The normalized spacial score (nSPS) is 10.1. The van der Waals surface area contributed by atoms with Gasteiger partial charge in [0.25, 0.3) is 5.91 Å². The fraction of sp³-hybridized carbons (Fsp3) is 0.154. The Morgan fingerprint density at radius 1 is 1.43 bits per heavy atom. The Morgan fingerprint density at radius 2 is 2.24 bits per heavy atom. The first-order chi connectivity index (χ1) is 10.1. The maximum absolute atomic E-state index is 11.6. The van der Waals surface area contributed by atoms with E-state index in [-0.39, 0.29) is 29.0 Å². The maximum Gasteiger partial charge on any atom is 0.312 e. The highest BCUT2D eigenvalue weighted by molar-refractivity contribution is 7.09. The van der Waals surface area contributed by atoms with Crippen LogP contribution < -0.4 is 10.1 Å². The van der Waals surface area contributed by atoms with Gasteiger partial charge in [0.1, 0.15) is 0 Å². The van der Waals surface area contributed by atoms with E-state index < -0.39 is 4.92 Å². The zero-order chi connectivity index (χ0) is 15.2. The lowest BCUT2D eigenvalue weighted by Crippen LogP contribution is -2.28. The Balaban J connectivity index is 1.90. The lowest BCUT2D eigenvalue weighted by Gasteiger charge is -2.07. The van der Waals surface area contributed by atoms with E-state index in [1.165, 1.54) is 29.5 Å². The van der Waals surface area contributed by atoms with E-state index in [2.05, 4.69) is 5.32 Å². The number of hydrogen-bond acceptors (Lipinski definition) is 5. The van der Waals surface area contributed by atoms with Crippen molar-refractivity contribution in [1.29, 1.82) is 0 Å². The summed E-state index contributed by atoms with van der Waals surface area (Å²) >= 11 is 7.22. The van der Waals surface area contributed by atoms with Crippen LogP contribution in [0.5, 0.6) is 5.75 Å². The van der Waals surface area contributed by atoms with Gasteiger partial charge in [-0.15, -0.1) is 11.3 Å². The molecular formula is C13H11ClN2O4S. The van der Waals surface area contributed by atoms with E-state index in [9.17, 15) is 14.9 Å². The van der Waals surface area contributed by atoms with Gasteiger partial charge < -0.3 is 10.1 Å². The molecule has 0 saturated heterocycles. The second kappa shape index (κ2) is 7.05. The number of halogens is 1. The molecule has 1 aromatic carbocycles. The monoisotopic (exact) mass is 326 g/mol. The predicted octanol–water partition coefficient (Wildman–Crippen LogP) is 3.00. The van der Waals surface area contributed by atoms with Crippen LogP contribution in [-0.2, 0) is 11.3 Å². The van der Waals surface area contributed by atoms with Crippen molar-refractivity contribution in [1.82, 2.24) is 5.32 Å². The topological polar surface area (TPSA) is 81.5 Å². The molecule has 0 aliphatic heterocycles. The van der Waals surface area contributed by atoms with Crippen molar-refractivity contribution in [3.8, 4) is 5.75 Å². The van der Waals surface area contributed by atoms with E-state index in [1.807, 2.05) is 17.5 Å². The molecule has 0 bridgehead atoms. The summed E-state index contributed by atoms with van der Waals surface area (Å²) < 4.78 is 5.18. The van der Waals surface area contributed by atoms with Gasteiger partial charge >= 0.3 is 5.69 Å². The number of nitrogens with one attached hydrogen (secondary N) is 1. The number of thiophene rings is 1. The molecule has 0 aliphatic rings. The molecule has 0 spiro atoms. The first-order valence-corrected chi connectivity index (χ1v) is 7.18. The van der Waals surface area contributed by atoms with E-state index in [1.54, 1.807) is 0 Å². The molecule has 1 amide bonds. The molecule has 110 valence electrons. The third-order valence-corrected chi connectivity index (χ3v) is 3.63. The fourth-order valence-electron chi connectivity index (χ4n) is 1.55. The van der Waals surface area contributed by atoms with Gasteiger partial charge in [-0.05, 0) is 23.6 Å². The SMILES string of the molecule is O=C(COc1ccc(Cl)cc1[N+](=O)[O-])NCc1cccs1. The third-order valence-electron chi connectivity index (χ3n) is 2.52. The molecule has 8 heteroatoms. The van der Waals surface area contributed by atoms with E-state index >= 15 is 0 Å². The molecule has 1 aromatic heterocycles. The lowest BCUT2D eigenvalue weighted by atomic mass is 10.3. The van der Waals surface area contributed by atoms with Gasteiger partial charge in [-0.25, -0.2) is 0 Å². The Morgan fingerprint density at radius 3 is 2.90 bits per heavy atom. The summed E-state index contributed by atoms with van der Waals surface area (Å²) in [5.74, 6) is -0.344. The van der Waals surface area contributed by atoms with Crippen molar-refractivity contribution < 1.29 is 14.5 Å². The summed E-state index contributed by atoms with van der Waals surface area (Å²) in [5.41, 5.74) is -0.270. The van der Waals surface area contributed by atoms with Crippen LogP contribution in [0.2, 0.25) is 5.02 Å². The van der Waals surface area contributed by atoms with Crippen molar-refractivity contribution in [2.75, 3.05) is 6.61 Å². The molecule has 2 rings (SSSR count). The summed E-state index contributed by atoms with van der Waals surface area (Å²) in [6, 6.07) is 7.80. The Labute approximate surface area is 129 Å². The number of nitrogens with zero attached hydrogens (tertiary/aromatic N) is 1. The minimum absolute atomic E-state index is 0.00988. The summed E-state index contributed by atoms with van der Waals surface area (Å²) in [5, 5.41) is 15.7. The third kappa shape index (κ3) is 4.44. The number of hydrogen-bond donors (Lipinski definition) is 1. The zero-order valence-corrected chi connectivity index (χ0v) is 12.3. The number of carbonyl (C=O) groups excluding carboxylic acids is 1. The Kier molecular flexibility index (Phi) is 5.13. The van der Waals surface area contributed by atoms with Crippen LogP contribution in [0.25, 0.3) is 0 Å². The van der Waals surface area contributed by atoms with Crippen LogP contribution in [0.1, 0.15) is 4.88 Å². The highest BCUT2D eigenvalue weighted by atomic mass is 35.5. The summed E-state index contributed by atoms with van der Waals surface area (Å²) in [4.78, 5) is 22.9. The minimum atomic E-state index is -0.606. The number of ether oxygens (including phenoxy) is 1. The summed E-state index contributed by atoms with van der Waals surface area (Å²) in [7, 11) is 0. The molecule has 0 aliphatic carbocycles. The van der Waals surface area contributed by atoms with Crippen molar-refractivity contribution >= 4 is 34.5 Å². The summed E-state index contributed by atoms with van der Waals surface area (Å²) in [6.07, 6.45) is 0. The first-order valence-electron chi connectivity index (χ1n) is 5.92. The van der Waals surface area contributed by atoms with E-state index in [0.29, 0.717) is 6.54 Å². The number of rotatable bonds is 6. The van der Waals surface area contributed by atoms with Crippen LogP contribution in [0.3, 0.4) is 0 Å². The van der Waals surface area contributed by atoms with Crippen molar-refractivity contribution in [3.63, 3.8) is 0 Å². The van der Waals surface area contributed by atoms with Crippen LogP contribution in [0, 0.1) is 10.1 Å². The Hall–Kier alpha value is -2.12. The highest BCUT2D eigenvalue weighted by Gasteiger charge is 2.16. The number of nitro groups is 1. The molecule has 0 radical (unpaired) electrons. The molecule has 6 nitrogen and oxygen atoms in total. The van der Waals surface area contributed by atoms with Gasteiger partial charge in [-0.1, -0.05) is 17.7 Å². The predicted molar refractivity (Wildman–Crippen MR) is 79.8 cm³/mol. The van der Waals surface area contributed by atoms with Gasteiger partial charge in [0.15, 0.2) is 12.4 Å². The van der Waals surface area contributed by atoms with Crippen LogP contribution >= 0.6 is 22.9 Å². The van der Waals surface area contributed by atoms with Crippen molar-refractivity contribution in [2.24, 2.45) is 0 Å². The molecule has 0 atom stereocenters. The van der Waals surface area contributed by atoms with Crippen molar-refractivity contribution in [2.45, 2.75) is 6.54 Å². The first kappa shape index (κ1) is 15.3. The molecule has 1 N–H and O–H groups in total. The number of carbonyl (C=O) groups is 1. The van der Waals surface area contributed by atoms with Gasteiger partial charge in [0.2, 0.25) is 0 Å². The molecule has 21 heavy (non-hydrogen) atoms. The molecule has 0 unspecified atom stereocenters. The average Bonchev–Trinajstić information content (AvgIpc) is 2.97. The quantitative estimate of drug-likeness (QED) is 0.653. The largest absolute Gasteiger partial charge is 0.477 e. The number of benzene rings is 1. The van der Waals surface area contributed by atoms with E-state index in [0.717, 1.165) is 4.88 Å². The van der Waals surface area contributed by atoms with Gasteiger partial charge in [0, 0.05) is 16.0 Å². The maximum atomic E-state index is 11.6. The van der Waals surface area contributed by atoms with Gasteiger partial charge in [-0.3, -0.25) is 14.9 Å². The van der Waals surface area contributed by atoms with Crippen LogP contribution in [-0.4, -0.2) is 17.4 Å². The number of amides is 1. The van der Waals surface area contributed by atoms with Gasteiger partial charge in [-0.2, -0.15) is 0 Å². The molecular weight excluding hydrogens is 316 g/mol. The minimum Gasteiger partial charge on any atom is -0.477 e. The second-order valence-electron chi connectivity index (χ2n) is 4.01. The molecule has 2 aromatic rings. The fourth-order valence-corrected chi connectivity index (χ4v) is 2.36. The van der Waals surface area contributed by atoms with Gasteiger partial charge in [0.05, 0.1) is 11.5 Å². The van der Waals surface area contributed by atoms with Crippen molar-refractivity contribution in [3.05, 3.63) is 55.7 Å². The second-order valence-corrected chi connectivity index (χ2v) is 5.48. The molecule has 1 heterocycles. The summed E-state index contributed by atoms with van der Waals surface area (Å²) in [6.45, 7) is 0.108. The lowest BCUT2D eigenvalue weighted by molar-refractivity contribution is -0.385. The number of nitro benzene ring substituents is 1. The average molecular weight is 327 g/mol. The van der Waals surface area contributed by atoms with E-state index in [4.69, 9.17) is 16.3 Å². The smallest absolute Gasteiger partial charge is 0.312 e. The van der Waals surface area contributed by atoms with Crippen LogP contribution in [0.4, 0.5) is 5.69 Å². The molecule has 0 saturated carbocycles. The zero-order valence-electron chi connectivity index (χ0n) is 10.7. The van der Waals surface area contributed by atoms with Crippen LogP contribution in [0.15, 0.2) is 35.7 Å².